The Hall–Kier alpha value is -2.61. The molecule has 0 radical (unpaired) electrons. The van der Waals surface area contributed by atoms with Gasteiger partial charge in [0.25, 0.3) is 30.4 Å². The zero-order chi connectivity index (χ0) is 22.3. The highest BCUT2D eigenvalue weighted by molar-refractivity contribution is 7.86. The van der Waals surface area contributed by atoms with Crippen LogP contribution in [0.25, 0.3) is 22.3 Å². The van der Waals surface area contributed by atoms with Crippen LogP contribution in [0.3, 0.4) is 0 Å². The maximum atomic E-state index is 11.6. The van der Waals surface area contributed by atoms with E-state index in [1.54, 1.807) is 0 Å². The monoisotopic (exact) mass is 470 g/mol. The minimum atomic E-state index is -4.54. The highest BCUT2D eigenvalue weighted by atomic mass is 32.2. The lowest BCUT2D eigenvalue weighted by molar-refractivity contribution is 0.481. The fourth-order valence-electron chi connectivity index (χ4n) is 2.79. The van der Waals surface area contributed by atoms with Gasteiger partial charge in [-0.05, 0) is 58.7 Å². The summed E-state index contributed by atoms with van der Waals surface area (Å²) in [5, 5.41) is 0. The molecule has 3 aromatic carbocycles. The second-order valence-corrected chi connectivity index (χ2v) is 10.4. The number of rotatable bonds is 5. The SMILES string of the molecule is O=S(=O)(O)c1ccc(-c2ccc(S(=O)(=O)O)cc2-c2ccc(S(=O)(=O)O)cc2)cc1. The minimum Gasteiger partial charge on any atom is -0.282 e. The van der Waals surface area contributed by atoms with Crippen molar-refractivity contribution in [2.45, 2.75) is 14.7 Å². The predicted molar refractivity (Wildman–Crippen MR) is 107 cm³/mol. The Bertz CT molecular complexity index is 1420. The zero-order valence-electron chi connectivity index (χ0n) is 14.9. The number of benzene rings is 3. The van der Waals surface area contributed by atoms with Crippen molar-refractivity contribution in [3.05, 3.63) is 66.7 Å². The summed E-state index contributed by atoms with van der Waals surface area (Å²) in [5.41, 5.74) is 1.54. The van der Waals surface area contributed by atoms with Gasteiger partial charge in [-0.1, -0.05) is 30.3 Å². The van der Waals surface area contributed by atoms with Gasteiger partial charge in [0.15, 0.2) is 0 Å². The van der Waals surface area contributed by atoms with Crippen LogP contribution in [-0.2, 0) is 30.4 Å². The molecular weight excluding hydrogens is 456 g/mol. The first kappa shape index (κ1) is 22.1. The molecule has 0 amide bonds. The summed E-state index contributed by atoms with van der Waals surface area (Å²) in [6.07, 6.45) is 0. The van der Waals surface area contributed by atoms with Crippen LogP contribution in [0.1, 0.15) is 0 Å². The molecule has 0 saturated heterocycles. The van der Waals surface area contributed by atoms with Gasteiger partial charge in [-0.3, -0.25) is 13.7 Å². The van der Waals surface area contributed by atoms with E-state index in [0.717, 1.165) is 30.3 Å². The lowest BCUT2D eigenvalue weighted by atomic mass is 9.95. The van der Waals surface area contributed by atoms with Gasteiger partial charge in [0.1, 0.15) is 0 Å². The number of hydrogen-bond acceptors (Lipinski definition) is 6. The second-order valence-electron chi connectivity index (χ2n) is 6.18. The average Bonchev–Trinajstić information content (AvgIpc) is 2.66. The highest BCUT2D eigenvalue weighted by Crippen LogP contribution is 2.35. The van der Waals surface area contributed by atoms with Crippen LogP contribution in [0.2, 0.25) is 0 Å². The molecule has 0 saturated carbocycles. The van der Waals surface area contributed by atoms with Gasteiger partial charge in [-0.25, -0.2) is 0 Å². The molecule has 3 N–H and O–H groups in total. The predicted octanol–water partition coefficient (Wildman–Crippen LogP) is 2.76. The van der Waals surface area contributed by atoms with Crippen LogP contribution in [0.5, 0.6) is 0 Å². The molecule has 0 aliphatic rings. The Labute approximate surface area is 172 Å². The molecule has 158 valence electrons. The molecule has 0 aliphatic carbocycles. The summed E-state index contributed by atoms with van der Waals surface area (Å²) in [4.78, 5) is -1.11. The second kappa shape index (κ2) is 7.58. The summed E-state index contributed by atoms with van der Waals surface area (Å²) in [6, 6.07) is 13.7. The van der Waals surface area contributed by atoms with Crippen LogP contribution in [-0.4, -0.2) is 38.9 Å². The lowest BCUT2D eigenvalue weighted by Crippen LogP contribution is -2.00. The van der Waals surface area contributed by atoms with Crippen molar-refractivity contribution in [1.82, 2.24) is 0 Å². The summed E-state index contributed by atoms with van der Waals surface area (Å²) in [7, 11) is -13.4. The Kier molecular flexibility index (Phi) is 5.58. The summed E-state index contributed by atoms with van der Waals surface area (Å²) in [5.74, 6) is 0. The van der Waals surface area contributed by atoms with Crippen molar-refractivity contribution in [2.24, 2.45) is 0 Å². The van der Waals surface area contributed by atoms with E-state index in [4.69, 9.17) is 9.11 Å². The fourth-order valence-corrected chi connectivity index (χ4v) is 4.25. The summed E-state index contributed by atoms with van der Waals surface area (Å²) < 4.78 is 95.6. The van der Waals surface area contributed by atoms with Crippen molar-refractivity contribution in [3.63, 3.8) is 0 Å². The zero-order valence-corrected chi connectivity index (χ0v) is 17.3. The maximum Gasteiger partial charge on any atom is 0.294 e. The molecular formula is C18H14O9S3. The molecule has 0 heterocycles. The third-order valence-electron chi connectivity index (χ3n) is 4.22. The van der Waals surface area contributed by atoms with Gasteiger partial charge in [0.2, 0.25) is 0 Å². The molecule has 30 heavy (non-hydrogen) atoms. The van der Waals surface area contributed by atoms with Gasteiger partial charge < -0.3 is 0 Å². The van der Waals surface area contributed by atoms with Crippen LogP contribution in [0.4, 0.5) is 0 Å². The van der Waals surface area contributed by atoms with Gasteiger partial charge >= 0.3 is 0 Å². The van der Waals surface area contributed by atoms with Crippen LogP contribution in [0.15, 0.2) is 81.4 Å². The van der Waals surface area contributed by atoms with Gasteiger partial charge in [-0.15, -0.1) is 0 Å². The molecule has 0 unspecified atom stereocenters. The first-order valence-corrected chi connectivity index (χ1v) is 12.4. The molecule has 9 nitrogen and oxygen atoms in total. The topological polar surface area (TPSA) is 163 Å². The molecule has 0 aliphatic heterocycles. The van der Waals surface area contributed by atoms with Gasteiger partial charge in [-0.2, -0.15) is 25.3 Å². The molecule has 0 bridgehead atoms. The van der Waals surface area contributed by atoms with Gasteiger partial charge in [0.05, 0.1) is 14.7 Å². The maximum absolute atomic E-state index is 11.6. The van der Waals surface area contributed by atoms with E-state index in [0.29, 0.717) is 16.7 Å². The fraction of sp³-hybridized carbons (Fsp3) is 0. The van der Waals surface area contributed by atoms with E-state index in [1.165, 1.54) is 36.4 Å². The van der Waals surface area contributed by atoms with Crippen LogP contribution < -0.4 is 0 Å². The first-order valence-electron chi connectivity index (χ1n) is 8.04. The quantitative estimate of drug-likeness (QED) is 0.476. The van der Waals surface area contributed by atoms with E-state index in [9.17, 15) is 29.8 Å². The Morgan fingerprint density at radius 2 is 0.767 bits per heavy atom. The van der Waals surface area contributed by atoms with E-state index in [2.05, 4.69) is 0 Å². The van der Waals surface area contributed by atoms with Crippen molar-refractivity contribution in [3.8, 4) is 22.3 Å². The van der Waals surface area contributed by atoms with E-state index >= 15 is 0 Å². The van der Waals surface area contributed by atoms with Gasteiger partial charge in [0, 0.05) is 0 Å². The van der Waals surface area contributed by atoms with Crippen LogP contribution in [0, 0.1) is 0 Å². The first-order chi connectivity index (χ1) is 13.8. The molecule has 0 aromatic heterocycles. The smallest absolute Gasteiger partial charge is 0.282 e. The lowest BCUT2D eigenvalue weighted by Gasteiger charge is -2.13. The molecule has 0 atom stereocenters. The Morgan fingerprint density at radius 1 is 0.433 bits per heavy atom. The Balaban J connectivity index is 2.21. The van der Waals surface area contributed by atoms with E-state index in [-0.39, 0.29) is 15.4 Å². The molecule has 3 aromatic rings. The van der Waals surface area contributed by atoms with Crippen molar-refractivity contribution in [2.75, 3.05) is 0 Å². The molecule has 12 heteroatoms. The minimum absolute atomic E-state index is 0.284. The largest absolute Gasteiger partial charge is 0.294 e. The average molecular weight is 471 g/mol. The number of hydrogen-bond donors (Lipinski definition) is 3. The van der Waals surface area contributed by atoms with Crippen molar-refractivity contribution >= 4 is 30.4 Å². The normalized spacial score (nSPS) is 12.6. The third kappa shape index (κ3) is 4.75. The van der Waals surface area contributed by atoms with Crippen molar-refractivity contribution < 1.29 is 38.9 Å². The summed E-state index contributed by atoms with van der Waals surface area (Å²) in [6.45, 7) is 0. The highest BCUT2D eigenvalue weighted by Gasteiger charge is 2.17. The standard InChI is InChI=1S/C18H14O9S3/c19-28(20,21)14-5-1-12(2-6-14)17-10-9-16(30(25,26)27)11-18(17)13-3-7-15(8-4-13)29(22,23)24/h1-11H,(H,19,20,21)(H,22,23,24)(H,25,26,27). The van der Waals surface area contributed by atoms with E-state index in [1.807, 2.05) is 0 Å². The van der Waals surface area contributed by atoms with Crippen molar-refractivity contribution in [1.29, 1.82) is 0 Å². The molecule has 0 spiro atoms. The third-order valence-corrected chi connectivity index (χ3v) is 6.80. The molecule has 0 fully saturated rings. The Morgan fingerprint density at radius 3 is 1.13 bits per heavy atom. The van der Waals surface area contributed by atoms with E-state index < -0.39 is 35.2 Å². The summed E-state index contributed by atoms with van der Waals surface area (Å²) >= 11 is 0. The molecule has 3 rings (SSSR count). The van der Waals surface area contributed by atoms with Crippen LogP contribution >= 0.6 is 0 Å².